The number of rotatable bonds is 8. The predicted molar refractivity (Wildman–Crippen MR) is 74.3 cm³/mol. The van der Waals surface area contributed by atoms with E-state index in [0.29, 0.717) is 13.2 Å². The second kappa shape index (κ2) is 9.55. The van der Waals surface area contributed by atoms with Crippen LogP contribution >= 0.6 is 0 Å². The van der Waals surface area contributed by atoms with Gasteiger partial charge in [-0.1, -0.05) is 0 Å². The second-order valence-corrected chi connectivity index (χ2v) is 5.24. The van der Waals surface area contributed by atoms with Crippen LogP contribution in [0.15, 0.2) is 0 Å². The Morgan fingerprint density at radius 2 is 1.75 bits per heavy atom. The summed E-state index contributed by atoms with van der Waals surface area (Å²) in [5.41, 5.74) is -0.569. The van der Waals surface area contributed by atoms with Crippen LogP contribution in [-0.2, 0) is 19.0 Å². The first-order chi connectivity index (χ1) is 9.30. The fourth-order valence-corrected chi connectivity index (χ4v) is 1.30. The Balaban J connectivity index is 4.33. The molecule has 0 heterocycles. The Kier molecular flexibility index (Phi) is 8.91. The van der Waals surface area contributed by atoms with Gasteiger partial charge in [-0.2, -0.15) is 0 Å². The fraction of sp³-hybridized carbons (Fsp3) is 0.846. The van der Waals surface area contributed by atoms with Gasteiger partial charge in [0.2, 0.25) is 5.91 Å². The zero-order valence-electron chi connectivity index (χ0n) is 13.0. The SMILES string of the molecule is COCCN(CCC(=O)NCOC)C(=O)OC(C)(C)C. The molecular weight excluding hydrogens is 264 g/mol. The number of amides is 2. The third-order valence-corrected chi connectivity index (χ3v) is 2.24. The van der Waals surface area contributed by atoms with Crippen molar-refractivity contribution in [2.75, 3.05) is 40.6 Å². The van der Waals surface area contributed by atoms with E-state index in [-0.39, 0.29) is 25.6 Å². The van der Waals surface area contributed by atoms with Crippen LogP contribution in [0.2, 0.25) is 0 Å². The molecule has 0 atom stereocenters. The molecule has 0 aliphatic carbocycles. The zero-order valence-corrected chi connectivity index (χ0v) is 13.0. The largest absolute Gasteiger partial charge is 0.444 e. The quantitative estimate of drug-likeness (QED) is 0.674. The highest BCUT2D eigenvalue weighted by Gasteiger charge is 2.22. The van der Waals surface area contributed by atoms with E-state index in [4.69, 9.17) is 14.2 Å². The van der Waals surface area contributed by atoms with Gasteiger partial charge in [0.05, 0.1) is 6.61 Å². The minimum absolute atomic E-state index is 0.156. The van der Waals surface area contributed by atoms with Crippen LogP contribution in [-0.4, -0.2) is 63.1 Å². The number of ether oxygens (including phenoxy) is 3. The van der Waals surface area contributed by atoms with E-state index in [9.17, 15) is 9.59 Å². The van der Waals surface area contributed by atoms with Crippen LogP contribution in [0.4, 0.5) is 4.79 Å². The van der Waals surface area contributed by atoms with Gasteiger partial charge in [-0.3, -0.25) is 4.79 Å². The normalized spacial score (nSPS) is 11.1. The van der Waals surface area contributed by atoms with Crippen LogP contribution in [0.1, 0.15) is 27.2 Å². The van der Waals surface area contributed by atoms with E-state index in [1.54, 1.807) is 27.9 Å². The van der Waals surface area contributed by atoms with Gasteiger partial charge in [0.1, 0.15) is 12.3 Å². The summed E-state index contributed by atoms with van der Waals surface area (Å²) in [6, 6.07) is 0. The minimum atomic E-state index is -0.569. The van der Waals surface area contributed by atoms with E-state index in [1.165, 1.54) is 12.0 Å². The molecule has 7 nitrogen and oxygen atoms in total. The third kappa shape index (κ3) is 9.57. The van der Waals surface area contributed by atoms with E-state index in [2.05, 4.69) is 5.32 Å². The molecule has 7 heteroatoms. The van der Waals surface area contributed by atoms with Crippen LogP contribution < -0.4 is 5.32 Å². The van der Waals surface area contributed by atoms with Crippen molar-refractivity contribution in [3.05, 3.63) is 0 Å². The Morgan fingerprint density at radius 1 is 1.10 bits per heavy atom. The summed E-state index contributed by atoms with van der Waals surface area (Å²) < 4.78 is 15.0. The number of carbonyl (C=O) groups is 2. The van der Waals surface area contributed by atoms with Gasteiger partial charge < -0.3 is 24.4 Å². The number of hydrogen-bond donors (Lipinski definition) is 1. The molecule has 0 aromatic rings. The van der Waals surface area contributed by atoms with Gasteiger partial charge in [-0.15, -0.1) is 0 Å². The molecule has 0 radical (unpaired) electrons. The number of nitrogens with one attached hydrogen (secondary N) is 1. The van der Waals surface area contributed by atoms with Crippen molar-refractivity contribution in [2.45, 2.75) is 32.8 Å². The van der Waals surface area contributed by atoms with Gasteiger partial charge in [0.15, 0.2) is 0 Å². The topological polar surface area (TPSA) is 77.1 Å². The molecule has 0 aliphatic heterocycles. The second-order valence-electron chi connectivity index (χ2n) is 5.24. The molecule has 20 heavy (non-hydrogen) atoms. The van der Waals surface area contributed by atoms with Crippen LogP contribution in [0.5, 0.6) is 0 Å². The maximum Gasteiger partial charge on any atom is 0.410 e. The molecule has 2 amide bonds. The zero-order chi connectivity index (χ0) is 15.6. The molecule has 0 unspecified atom stereocenters. The molecule has 0 fully saturated rings. The molecule has 0 bridgehead atoms. The molecule has 0 saturated heterocycles. The highest BCUT2D eigenvalue weighted by molar-refractivity contribution is 5.76. The molecule has 0 aromatic carbocycles. The van der Waals surface area contributed by atoms with Crippen molar-refractivity contribution in [1.82, 2.24) is 10.2 Å². The fourth-order valence-electron chi connectivity index (χ4n) is 1.30. The van der Waals surface area contributed by atoms with E-state index < -0.39 is 11.7 Å². The molecule has 0 aliphatic rings. The number of nitrogens with zero attached hydrogens (tertiary/aromatic N) is 1. The summed E-state index contributed by atoms with van der Waals surface area (Å²) in [4.78, 5) is 24.9. The van der Waals surface area contributed by atoms with E-state index >= 15 is 0 Å². The molecule has 0 aromatic heterocycles. The maximum absolute atomic E-state index is 12.0. The van der Waals surface area contributed by atoms with Crippen LogP contribution in [0, 0.1) is 0 Å². The van der Waals surface area contributed by atoms with E-state index in [1.807, 2.05) is 0 Å². The van der Waals surface area contributed by atoms with Crippen LogP contribution in [0.25, 0.3) is 0 Å². The van der Waals surface area contributed by atoms with Crippen molar-refractivity contribution in [1.29, 1.82) is 0 Å². The summed E-state index contributed by atoms with van der Waals surface area (Å²) in [6.45, 7) is 6.58. The van der Waals surface area contributed by atoms with Crippen molar-refractivity contribution in [3.8, 4) is 0 Å². The highest BCUT2D eigenvalue weighted by atomic mass is 16.6. The minimum Gasteiger partial charge on any atom is -0.444 e. The molecule has 1 N–H and O–H groups in total. The third-order valence-electron chi connectivity index (χ3n) is 2.24. The Morgan fingerprint density at radius 3 is 2.25 bits per heavy atom. The highest BCUT2D eigenvalue weighted by Crippen LogP contribution is 2.10. The first-order valence-corrected chi connectivity index (χ1v) is 6.52. The van der Waals surface area contributed by atoms with Gasteiger partial charge in [-0.05, 0) is 20.8 Å². The predicted octanol–water partition coefficient (Wildman–Crippen LogP) is 0.980. The van der Waals surface area contributed by atoms with Gasteiger partial charge >= 0.3 is 6.09 Å². The van der Waals surface area contributed by atoms with Crippen molar-refractivity contribution < 1.29 is 23.8 Å². The monoisotopic (exact) mass is 290 g/mol. The first kappa shape index (κ1) is 18.7. The Hall–Kier alpha value is -1.34. The summed E-state index contributed by atoms with van der Waals surface area (Å²) in [7, 11) is 3.05. The Labute approximate surface area is 120 Å². The van der Waals surface area contributed by atoms with Gasteiger partial charge in [0, 0.05) is 33.7 Å². The maximum atomic E-state index is 12.0. The smallest absolute Gasteiger partial charge is 0.410 e. The molecule has 0 spiro atoms. The standard InChI is InChI=1S/C13H26N2O5/c1-13(2,3)20-12(17)15(8-9-18-4)7-6-11(16)14-10-19-5/h6-10H2,1-5H3,(H,14,16). The molecule has 0 rings (SSSR count). The van der Waals surface area contributed by atoms with Crippen molar-refractivity contribution >= 4 is 12.0 Å². The lowest BCUT2D eigenvalue weighted by molar-refractivity contribution is -0.122. The van der Waals surface area contributed by atoms with Gasteiger partial charge in [0.25, 0.3) is 0 Å². The first-order valence-electron chi connectivity index (χ1n) is 6.52. The average molecular weight is 290 g/mol. The lowest BCUT2D eigenvalue weighted by Crippen LogP contribution is -2.40. The number of methoxy groups -OCH3 is 2. The summed E-state index contributed by atoms with van der Waals surface area (Å²) in [5, 5.41) is 2.56. The van der Waals surface area contributed by atoms with Crippen LogP contribution in [0.3, 0.4) is 0 Å². The Bertz CT molecular complexity index is 302. The molecule has 0 saturated carbocycles. The number of carbonyl (C=O) groups excluding carboxylic acids is 2. The lowest BCUT2D eigenvalue weighted by Gasteiger charge is -2.27. The molecule has 118 valence electrons. The molecular formula is C13H26N2O5. The summed E-state index contributed by atoms with van der Waals surface area (Å²) >= 11 is 0. The van der Waals surface area contributed by atoms with Gasteiger partial charge in [-0.25, -0.2) is 4.79 Å². The van der Waals surface area contributed by atoms with Crippen molar-refractivity contribution in [3.63, 3.8) is 0 Å². The summed E-state index contributed by atoms with van der Waals surface area (Å²) in [6.07, 6.45) is -0.263. The lowest BCUT2D eigenvalue weighted by atomic mass is 10.2. The summed E-state index contributed by atoms with van der Waals surface area (Å²) in [5.74, 6) is -0.183. The number of hydrogen-bond acceptors (Lipinski definition) is 5. The van der Waals surface area contributed by atoms with Crippen molar-refractivity contribution in [2.24, 2.45) is 0 Å². The average Bonchev–Trinajstić information content (AvgIpc) is 2.34. The van der Waals surface area contributed by atoms with E-state index in [0.717, 1.165) is 0 Å².